The van der Waals surface area contributed by atoms with Gasteiger partial charge in [0, 0.05) is 16.5 Å². The Balaban J connectivity index is 2.84. The Kier molecular flexibility index (Phi) is 5.09. The zero-order chi connectivity index (χ0) is 12.8. The highest BCUT2D eigenvalue weighted by Crippen LogP contribution is 2.17. The molecule has 1 rings (SSSR count). The van der Waals surface area contributed by atoms with E-state index in [1.54, 1.807) is 6.07 Å². The number of nitrogens with zero attached hydrogens (tertiary/aromatic N) is 1. The third-order valence-corrected chi connectivity index (χ3v) is 2.65. The van der Waals surface area contributed by atoms with Gasteiger partial charge in [-0.2, -0.15) is 0 Å². The summed E-state index contributed by atoms with van der Waals surface area (Å²) in [6.07, 6.45) is 0.146. The molecule has 92 valence electrons. The van der Waals surface area contributed by atoms with Gasteiger partial charge in [0.2, 0.25) is 0 Å². The van der Waals surface area contributed by atoms with E-state index in [0.29, 0.717) is 4.47 Å². The average molecular weight is 304 g/mol. The summed E-state index contributed by atoms with van der Waals surface area (Å²) in [6, 6.07) is 4.37. The fraction of sp³-hybridized carbons (Fsp3) is 0.273. The molecule has 0 radical (unpaired) electrons. The molecule has 4 nitrogen and oxygen atoms in total. The number of carbonyl (C=O) groups is 1. The Morgan fingerprint density at radius 2 is 2.24 bits per heavy atom. The van der Waals surface area contributed by atoms with Crippen LogP contribution in [0.2, 0.25) is 0 Å². The predicted molar refractivity (Wildman–Crippen MR) is 63.7 cm³/mol. The van der Waals surface area contributed by atoms with Crippen molar-refractivity contribution < 1.29 is 19.1 Å². The fourth-order valence-corrected chi connectivity index (χ4v) is 1.62. The van der Waals surface area contributed by atoms with E-state index in [1.807, 2.05) is 0 Å². The molecule has 0 saturated heterocycles. The van der Waals surface area contributed by atoms with Crippen molar-refractivity contribution in [2.24, 2.45) is 5.16 Å². The van der Waals surface area contributed by atoms with Crippen LogP contribution in [0.1, 0.15) is 18.4 Å². The predicted octanol–water partition coefficient (Wildman–Crippen LogP) is 2.72. The second-order valence-corrected chi connectivity index (χ2v) is 4.16. The zero-order valence-corrected chi connectivity index (χ0v) is 10.7. The van der Waals surface area contributed by atoms with Crippen LogP contribution in [-0.4, -0.2) is 24.0 Å². The molecule has 0 aromatic heterocycles. The number of benzene rings is 1. The van der Waals surface area contributed by atoms with Crippen molar-refractivity contribution in [3.8, 4) is 0 Å². The minimum absolute atomic E-state index is 0.0331. The smallest absolute Gasteiger partial charge is 0.305 e. The van der Waals surface area contributed by atoms with Gasteiger partial charge >= 0.3 is 5.97 Å². The molecule has 1 N–H and O–H groups in total. The minimum Gasteiger partial charge on any atom is -0.469 e. The molecule has 0 heterocycles. The Bertz CT molecular complexity index is 448. The van der Waals surface area contributed by atoms with Gasteiger partial charge in [0.1, 0.15) is 5.82 Å². The van der Waals surface area contributed by atoms with Crippen LogP contribution >= 0.6 is 15.9 Å². The van der Waals surface area contributed by atoms with Crippen molar-refractivity contribution in [1.82, 2.24) is 0 Å². The van der Waals surface area contributed by atoms with Crippen molar-refractivity contribution in [3.63, 3.8) is 0 Å². The highest BCUT2D eigenvalue weighted by atomic mass is 79.9. The van der Waals surface area contributed by atoms with Gasteiger partial charge in [-0.25, -0.2) is 4.39 Å². The van der Waals surface area contributed by atoms with Crippen LogP contribution in [0, 0.1) is 5.82 Å². The van der Waals surface area contributed by atoms with Crippen LogP contribution in [0.3, 0.4) is 0 Å². The number of methoxy groups -OCH3 is 1. The van der Waals surface area contributed by atoms with E-state index in [-0.39, 0.29) is 24.1 Å². The number of oxime groups is 1. The van der Waals surface area contributed by atoms with Gasteiger partial charge in [0.25, 0.3) is 0 Å². The van der Waals surface area contributed by atoms with Crippen LogP contribution in [0.5, 0.6) is 0 Å². The van der Waals surface area contributed by atoms with E-state index in [4.69, 9.17) is 5.21 Å². The van der Waals surface area contributed by atoms with Crippen molar-refractivity contribution in [2.45, 2.75) is 12.8 Å². The lowest BCUT2D eigenvalue weighted by atomic mass is 10.1. The van der Waals surface area contributed by atoms with Crippen LogP contribution in [-0.2, 0) is 9.53 Å². The zero-order valence-electron chi connectivity index (χ0n) is 9.11. The van der Waals surface area contributed by atoms with E-state index in [2.05, 4.69) is 25.8 Å². The standard InChI is InChI=1S/C11H11BrFNO3/c1-17-11(15)5-4-10(14-16)8-3-2-7(12)6-9(8)13/h2-3,6,16H,4-5H2,1H3. The summed E-state index contributed by atoms with van der Waals surface area (Å²) in [5, 5.41) is 11.8. The summed E-state index contributed by atoms with van der Waals surface area (Å²) in [5.74, 6) is -0.958. The van der Waals surface area contributed by atoms with E-state index in [1.165, 1.54) is 19.2 Å². The van der Waals surface area contributed by atoms with Gasteiger partial charge in [-0.1, -0.05) is 21.1 Å². The van der Waals surface area contributed by atoms with Gasteiger partial charge in [-0.15, -0.1) is 0 Å². The van der Waals surface area contributed by atoms with Crippen LogP contribution in [0.4, 0.5) is 4.39 Å². The van der Waals surface area contributed by atoms with Gasteiger partial charge in [0.15, 0.2) is 0 Å². The fourth-order valence-electron chi connectivity index (χ4n) is 1.28. The monoisotopic (exact) mass is 303 g/mol. The highest BCUT2D eigenvalue weighted by molar-refractivity contribution is 9.10. The molecule has 0 aliphatic rings. The Morgan fingerprint density at radius 1 is 1.53 bits per heavy atom. The number of halogens is 2. The minimum atomic E-state index is -0.517. The molecule has 6 heteroatoms. The SMILES string of the molecule is COC(=O)CCC(=NO)c1ccc(Br)cc1F. The lowest BCUT2D eigenvalue weighted by molar-refractivity contribution is -0.140. The number of hydrogen-bond acceptors (Lipinski definition) is 4. The Labute approximate surface area is 106 Å². The maximum atomic E-state index is 13.6. The first kappa shape index (κ1) is 13.6. The molecule has 0 unspecified atom stereocenters. The number of carbonyl (C=O) groups excluding carboxylic acids is 1. The number of esters is 1. The topological polar surface area (TPSA) is 58.9 Å². The molecule has 0 saturated carbocycles. The average Bonchev–Trinajstić information content (AvgIpc) is 2.31. The Morgan fingerprint density at radius 3 is 2.76 bits per heavy atom. The Hall–Kier alpha value is -1.43. The van der Waals surface area contributed by atoms with Gasteiger partial charge < -0.3 is 9.94 Å². The third-order valence-electron chi connectivity index (χ3n) is 2.16. The maximum absolute atomic E-state index is 13.6. The number of rotatable bonds is 4. The van der Waals surface area contributed by atoms with Crippen molar-refractivity contribution in [2.75, 3.05) is 7.11 Å². The van der Waals surface area contributed by atoms with E-state index in [0.717, 1.165) is 0 Å². The van der Waals surface area contributed by atoms with Gasteiger partial charge in [-0.05, 0) is 18.2 Å². The van der Waals surface area contributed by atoms with Crippen molar-refractivity contribution >= 4 is 27.6 Å². The van der Waals surface area contributed by atoms with Crippen LogP contribution in [0.15, 0.2) is 27.8 Å². The lowest BCUT2D eigenvalue weighted by Gasteiger charge is -2.05. The first-order valence-electron chi connectivity index (χ1n) is 4.81. The molecule has 0 amide bonds. The molecule has 0 atom stereocenters. The molecule has 0 spiro atoms. The van der Waals surface area contributed by atoms with Crippen LogP contribution in [0.25, 0.3) is 0 Å². The van der Waals surface area contributed by atoms with E-state index in [9.17, 15) is 9.18 Å². The summed E-state index contributed by atoms with van der Waals surface area (Å²) >= 11 is 3.12. The molecule has 1 aromatic rings. The lowest BCUT2D eigenvalue weighted by Crippen LogP contribution is -2.08. The van der Waals surface area contributed by atoms with E-state index >= 15 is 0 Å². The molecule has 0 bridgehead atoms. The second-order valence-electron chi connectivity index (χ2n) is 3.25. The van der Waals surface area contributed by atoms with Gasteiger partial charge in [0.05, 0.1) is 19.2 Å². The maximum Gasteiger partial charge on any atom is 0.305 e. The number of hydrogen-bond donors (Lipinski definition) is 1. The highest BCUT2D eigenvalue weighted by Gasteiger charge is 2.12. The summed E-state index contributed by atoms with van der Waals surface area (Å²) in [4.78, 5) is 10.9. The quantitative estimate of drug-likeness (QED) is 0.403. The summed E-state index contributed by atoms with van der Waals surface area (Å²) < 4.78 is 18.6. The second kappa shape index (κ2) is 6.34. The van der Waals surface area contributed by atoms with E-state index < -0.39 is 11.8 Å². The summed E-state index contributed by atoms with van der Waals surface area (Å²) in [7, 11) is 1.26. The van der Waals surface area contributed by atoms with Crippen LogP contribution < -0.4 is 0 Å². The molecule has 0 aliphatic heterocycles. The first-order valence-corrected chi connectivity index (χ1v) is 5.61. The molecular weight excluding hydrogens is 293 g/mol. The summed E-state index contributed by atoms with van der Waals surface area (Å²) in [6.45, 7) is 0. The molecule has 0 aliphatic carbocycles. The normalized spacial score (nSPS) is 11.4. The molecular formula is C11H11BrFNO3. The van der Waals surface area contributed by atoms with Gasteiger partial charge in [-0.3, -0.25) is 4.79 Å². The first-order chi connectivity index (χ1) is 8.08. The number of ether oxygens (including phenoxy) is 1. The molecule has 0 fully saturated rings. The molecule has 1 aromatic carbocycles. The van der Waals surface area contributed by atoms with Crippen molar-refractivity contribution in [3.05, 3.63) is 34.1 Å². The van der Waals surface area contributed by atoms with Crippen molar-refractivity contribution in [1.29, 1.82) is 0 Å². The summed E-state index contributed by atoms with van der Waals surface area (Å²) in [5.41, 5.74) is 0.278. The molecule has 17 heavy (non-hydrogen) atoms. The third kappa shape index (κ3) is 3.81. The largest absolute Gasteiger partial charge is 0.469 e.